The van der Waals surface area contributed by atoms with E-state index in [0.29, 0.717) is 11.3 Å². The summed E-state index contributed by atoms with van der Waals surface area (Å²) in [7, 11) is 0. The summed E-state index contributed by atoms with van der Waals surface area (Å²) in [6, 6.07) is 5.23. The number of nitrogens with one attached hydrogen (secondary N) is 1. The zero-order valence-electron chi connectivity index (χ0n) is 7.71. The van der Waals surface area contributed by atoms with E-state index in [1.807, 2.05) is 0 Å². The van der Waals surface area contributed by atoms with Crippen LogP contribution in [0.1, 0.15) is 5.56 Å². The quantitative estimate of drug-likeness (QED) is 0.815. The van der Waals surface area contributed by atoms with E-state index in [1.165, 1.54) is 17.8 Å². The van der Waals surface area contributed by atoms with Gasteiger partial charge in [0.25, 0.3) is 0 Å². The lowest BCUT2D eigenvalue weighted by Gasteiger charge is -2.01. The molecule has 1 aromatic carbocycles. The third-order valence-corrected chi connectivity index (χ3v) is 2.86. The predicted octanol–water partition coefficient (Wildman–Crippen LogP) is 2.98. The van der Waals surface area contributed by atoms with Gasteiger partial charge in [0.05, 0.1) is 5.03 Å². The van der Waals surface area contributed by atoms with Crippen molar-refractivity contribution in [1.82, 2.24) is 10.2 Å². The van der Waals surface area contributed by atoms with Crippen molar-refractivity contribution in [1.29, 1.82) is 0 Å². The van der Waals surface area contributed by atoms with Crippen LogP contribution in [-0.2, 0) is 5.75 Å². The Morgan fingerprint density at radius 2 is 2.13 bits per heavy atom. The number of H-pyrrole nitrogens is 1. The number of aromatic nitrogens is 2. The van der Waals surface area contributed by atoms with Gasteiger partial charge in [0, 0.05) is 17.5 Å². The van der Waals surface area contributed by atoms with Crippen LogP contribution in [0.25, 0.3) is 0 Å². The van der Waals surface area contributed by atoms with Crippen molar-refractivity contribution in [2.24, 2.45) is 0 Å². The van der Waals surface area contributed by atoms with Gasteiger partial charge in [-0.05, 0) is 24.3 Å². The Bertz CT molecular complexity index is 443. The topological polar surface area (TPSA) is 28.7 Å². The third-order valence-electron chi connectivity index (χ3n) is 1.87. The van der Waals surface area contributed by atoms with E-state index in [4.69, 9.17) is 0 Å². The van der Waals surface area contributed by atoms with Gasteiger partial charge in [0.2, 0.25) is 0 Å². The summed E-state index contributed by atoms with van der Waals surface area (Å²) in [5, 5.41) is 7.33. The van der Waals surface area contributed by atoms with Crippen molar-refractivity contribution in [2.75, 3.05) is 0 Å². The fourth-order valence-electron chi connectivity index (χ4n) is 1.13. The molecule has 0 atom stereocenters. The molecule has 0 spiro atoms. The van der Waals surface area contributed by atoms with Gasteiger partial charge in [-0.15, -0.1) is 11.8 Å². The number of aromatic amines is 1. The van der Waals surface area contributed by atoms with Crippen LogP contribution in [0.3, 0.4) is 0 Å². The smallest absolute Gasteiger partial charge is 0.127 e. The molecule has 0 amide bonds. The Hall–Kier alpha value is -1.36. The summed E-state index contributed by atoms with van der Waals surface area (Å²) in [5.74, 6) is -0.425. The minimum atomic E-state index is -0.420. The number of thioether (sulfide) groups is 1. The molecule has 0 aliphatic rings. The molecule has 1 aromatic heterocycles. The van der Waals surface area contributed by atoms with Crippen molar-refractivity contribution < 1.29 is 8.78 Å². The molecule has 0 aliphatic carbocycles. The molecular formula is C10H8F2N2S. The summed E-state index contributed by atoms with van der Waals surface area (Å²) in [6.07, 6.45) is 1.62. The molecule has 2 rings (SSSR count). The molecule has 15 heavy (non-hydrogen) atoms. The first-order valence-corrected chi connectivity index (χ1v) is 5.30. The summed E-state index contributed by atoms with van der Waals surface area (Å²) >= 11 is 1.38. The van der Waals surface area contributed by atoms with Crippen molar-refractivity contribution in [2.45, 2.75) is 10.8 Å². The number of hydrogen-bond donors (Lipinski definition) is 1. The number of nitrogens with zero attached hydrogens (tertiary/aromatic N) is 1. The van der Waals surface area contributed by atoms with E-state index in [9.17, 15) is 8.78 Å². The molecule has 1 heterocycles. The summed E-state index contributed by atoms with van der Waals surface area (Å²) in [4.78, 5) is 0. The van der Waals surface area contributed by atoms with Crippen LogP contribution >= 0.6 is 11.8 Å². The number of halogens is 2. The van der Waals surface area contributed by atoms with E-state index < -0.39 is 5.82 Å². The van der Waals surface area contributed by atoms with Crippen LogP contribution in [0, 0.1) is 11.6 Å². The maximum Gasteiger partial charge on any atom is 0.127 e. The van der Waals surface area contributed by atoms with Crippen LogP contribution in [-0.4, -0.2) is 10.2 Å². The average Bonchev–Trinajstić information content (AvgIpc) is 2.72. The van der Waals surface area contributed by atoms with Gasteiger partial charge >= 0.3 is 0 Å². The fourth-order valence-corrected chi connectivity index (χ4v) is 1.94. The second-order valence-electron chi connectivity index (χ2n) is 2.95. The third kappa shape index (κ3) is 2.56. The molecule has 5 heteroatoms. The highest BCUT2D eigenvalue weighted by atomic mass is 32.2. The van der Waals surface area contributed by atoms with Gasteiger partial charge in [-0.1, -0.05) is 0 Å². The molecule has 0 saturated carbocycles. The first kappa shape index (κ1) is 10.2. The zero-order chi connectivity index (χ0) is 10.7. The molecule has 2 nitrogen and oxygen atoms in total. The molecule has 0 saturated heterocycles. The minimum absolute atomic E-state index is 0.356. The van der Waals surface area contributed by atoms with Crippen molar-refractivity contribution >= 4 is 11.8 Å². The van der Waals surface area contributed by atoms with Crippen molar-refractivity contribution in [3.63, 3.8) is 0 Å². The molecule has 0 unspecified atom stereocenters. The van der Waals surface area contributed by atoms with Gasteiger partial charge in [-0.2, -0.15) is 5.10 Å². The lowest BCUT2D eigenvalue weighted by Crippen LogP contribution is -1.89. The molecule has 0 aliphatic heterocycles. The Balaban J connectivity index is 2.07. The highest BCUT2D eigenvalue weighted by molar-refractivity contribution is 7.98. The standard InChI is InChI=1S/C10H8F2N2S/c11-8-1-2-9(12)7(5-8)6-15-10-3-4-13-14-10/h1-5H,6H2,(H,13,14). The largest absolute Gasteiger partial charge is 0.272 e. The van der Waals surface area contributed by atoms with Crippen LogP contribution in [0.15, 0.2) is 35.5 Å². The SMILES string of the molecule is Fc1ccc(F)c(CSc2ccn[nH]2)c1. The first-order valence-electron chi connectivity index (χ1n) is 4.32. The molecule has 1 N–H and O–H groups in total. The zero-order valence-corrected chi connectivity index (χ0v) is 8.52. The molecule has 0 radical (unpaired) electrons. The van der Waals surface area contributed by atoms with Gasteiger partial charge < -0.3 is 0 Å². The lowest BCUT2D eigenvalue weighted by molar-refractivity contribution is 0.591. The minimum Gasteiger partial charge on any atom is -0.272 e. The van der Waals surface area contributed by atoms with Crippen LogP contribution in [0.5, 0.6) is 0 Å². The predicted molar refractivity (Wildman–Crippen MR) is 54.5 cm³/mol. The highest BCUT2D eigenvalue weighted by Gasteiger charge is 2.04. The Kier molecular flexibility index (Phi) is 3.01. The molecular weight excluding hydrogens is 218 g/mol. The molecule has 2 aromatic rings. The second kappa shape index (κ2) is 4.44. The van der Waals surface area contributed by atoms with E-state index in [2.05, 4.69) is 10.2 Å². The highest BCUT2D eigenvalue weighted by Crippen LogP contribution is 2.22. The van der Waals surface area contributed by atoms with E-state index in [-0.39, 0.29) is 5.82 Å². The van der Waals surface area contributed by atoms with Crippen molar-refractivity contribution in [3.05, 3.63) is 47.7 Å². The van der Waals surface area contributed by atoms with Crippen LogP contribution in [0.2, 0.25) is 0 Å². The first-order chi connectivity index (χ1) is 7.25. The van der Waals surface area contributed by atoms with Gasteiger partial charge in [0.1, 0.15) is 11.6 Å². The maximum absolute atomic E-state index is 13.2. The van der Waals surface area contributed by atoms with E-state index >= 15 is 0 Å². The van der Waals surface area contributed by atoms with Gasteiger partial charge in [0.15, 0.2) is 0 Å². The molecule has 78 valence electrons. The average molecular weight is 226 g/mol. The Morgan fingerprint density at radius 3 is 2.87 bits per heavy atom. The number of hydrogen-bond acceptors (Lipinski definition) is 2. The normalized spacial score (nSPS) is 10.5. The van der Waals surface area contributed by atoms with E-state index in [0.717, 1.165) is 17.2 Å². The number of rotatable bonds is 3. The summed E-state index contributed by atoms with van der Waals surface area (Å²) in [6.45, 7) is 0. The van der Waals surface area contributed by atoms with Crippen LogP contribution < -0.4 is 0 Å². The number of benzene rings is 1. The second-order valence-corrected chi connectivity index (χ2v) is 3.96. The Labute approximate surface area is 89.7 Å². The molecule has 0 fully saturated rings. The van der Waals surface area contributed by atoms with Crippen LogP contribution in [0.4, 0.5) is 8.78 Å². The molecule has 0 bridgehead atoms. The van der Waals surface area contributed by atoms with Crippen molar-refractivity contribution in [3.8, 4) is 0 Å². The van der Waals surface area contributed by atoms with E-state index in [1.54, 1.807) is 12.3 Å². The monoisotopic (exact) mass is 226 g/mol. The lowest BCUT2D eigenvalue weighted by atomic mass is 10.2. The summed E-state index contributed by atoms with van der Waals surface area (Å²) < 4.78 is 26.0. The fraction of sp³-hybridized carbons (Fsp3) is 0.100. The maximum atomic E-state index is 13.2. The van der Waals surface area contributed by atoms with Gasteiger partial charge in [-0.3, -0.25) is 5.10 Å². The Morgan fingerprint density at radius 1 is 1.27 bits per heavy atom. The van der Waals surface area contributed by atoms with Gasteiger partial charge in [-0.25, -0.2) is 8.78 Å². The summed E-state index contributed by atoms with van der Waals surface area (Å²) in [5.41, 5.74) is 0.356.